The van der Waals surface area contributed by atoms with Crippen molar-refractivity contribution in [3.63, 3.8) is 0 Å². The average molecular weight is 354 g/mol. The summed E-state index contributed by atoms with van der Waals surface area (Å²) in [7, 11) is 0. The topological polar surface area (TPSA) is 96.9 Å². The van der Waals surface area contributed by atoms with Gasteiger partial charge in [0.1, 0.15) is 6.10 Å². The third-order valence-corrected chi connectivity index (χ3v) is 5.41. The molecule has 0 radical (unpaired) electrons. The molecule has 1 saturated carbocycles. The predicted molar refractivity (Wildman–Crippen MR) is 90.8 cm³/mol. The van der Waals surface area contributed by atoms with E-state index < -0.39 is 6.10 Å². The minimum Gasteiger partial charge on any atom is -0.394 e. The van der Waals surface area contributed by atoms with E-state index in [4.69, 9.17) is 9.47 Å². The second-order valence-corrected chi connectivity index (χ2v) is 7.51. The van der Waals surface area contributed by atoms with Crippen LogP contribution >= 0.6 is 0 Å². The summed E-state index contributed by atoms with van der Waals surface area (Å²) in [5, 5.41) is 15.6. The summed E-state index contributed by atoms with van der Waals surface area (Å²) in [6.45, 7) is 1.86. The van der Waals surface area contributed by atoms with Crippen LogP contribution in [0, 0.1) is 11.8 Å². The highest BCUT2D eigenvalue weighted by atomic mass is 16.5. The van der Waals surface area contributed by atoms with Crippen molar-refractivity contribution in [2.45, 2.75) is 63.2 Å². The van der Waals surface area contributed by atoms with Crippen LogP contribution in [0.2, 0.25) is 0 Å². The van der Waals surface area contributed by atoms with E-state index in [9.17, 15) is 14.7 Å². The van der Waals surface area contributed by atoms with Gasteiger partial charge < -0.3 is 25.2 Å². The van der Waals surface area contributed by atoms with Gasteiger partial charge in [-0.1, -0.05) is 0 Å². The molecule has 0 aromatic rings. The first-order chi connectivity index (χ1) is 12.2. The van der Waals surface area contributed by atoms with Crippen molar-refractivity contribution in [1.29, 1.82) is 0 Å². The molecule has 0 aromatic heterocycles. The molecule has 0 unspecified atom stereocenters. The Balaban J connectivity index is 1.42. The Hall–Kier alpha value is -1.18. The molecule has 1 aliphatic carbocycles. The Morgan fingerprint density at radius 2 is 1.80 bits per heavy atom. The summed E-state index contributed by atoms with van der Waals surface area (Å²) in [6, 6.07) is -0.189. The Labute approximate surface area is 148 Å². The van der Waals surface area contributed by atoms with Gasteiger partial charge in [-0.2, -0.15) is 0 Å². The van der Waals surface area contributed by atoms with E-state index in [1.807, 2.05) is 0 Å². The Morgan fingerprint density at radius 1 is 1.04 bits per heavy atom. The third-order valence-electron chi connectivity index (χ3n) is 5.41. The Morgan fingerprint density at radius 3 is 2.48 bits per heavy atom. The quantitative estimate of drug-likeness (QED) is 0.613. The lowest BCUT2D eigenvalue weighted by Crippen LogP contribution is -2.53. The summed E-state index contributed by atoms with van der Waals surface area (Å²) in [5.74, 6) is 0.680. The van der Waals surface area contributed by atoms with Gasteiger partial charge in [-0.25, -0.2) is 0 Å². The fraction of sp³-hybridized carbons (Fsp3) is 0.889. The van der Waals surface area contributed by atoms with Crippen LogP contribution in [0.15, 0.2) is 0 Å². The zero-order valence-corrected chi connectivity index (χ0v) is 14.7. The molecule has 2 amide bonds. The van der Waals surface area contributed by atoms with Crippen molar-refractivity contribution in [2.24, 2.45) is 11.8 Å². The molecular formula is C18H30N2O5. The SMILES string of the molecule is O=C(C[C@H]1CC[C@H](NC(=O)C2CCOCC2)[C@@H](CO)O1)NCC1CC1. The molecule has 3 aliphatic rings. The van der Waals surface area contributed by atoms with Gasteiger partial charge in [0.15, 0.2) is 0 Å². The van der Waals surface area contributed by atoms with E-state index in [1.165, 1.54) is 12.8 Å². The van der Waals surface area contributed by atoms with Crippen molar-refractivity contribution in [2.75, 3.05) is 26.4 Å². The molecule has 0 aromatic carbocycles. The number of rotatable bonds is 7. The molecular weight excluding hydrogens is 324 g/mol. The second kappa shape index (κ2) is 8.96. The van der Waals surface area contributed by atoms with E-state index in [-0.39, 0.29) is 36.5 Å². The molecule has 0 bridgehead atoms. The Bertz CT molecular complexity index is 462. The van der Waals surface area contributed by atoms with E-state index in [1.54, 1.807) is 0 Å². The molecule has 7 heteroatoms. The van der Waals surface area contributed by atoms with Crippen LogP contribution in [0.5, 0.6) is 0 Å². The molecule has 2 aliphatic heterocycles. The number of hydrogen-bond donors (Lipinski definition) is 3. The summed E-state index contributed by atoms with van der Waals surface area (Å²) in [6.07, 6.45) is 5.03. The maximum atomic E-state index is 12.4. The van der Waals surface area contributed by atoms with E-state index in [0.29, 0.717) is 32.0 Å². The number of carbonyl (C=O) groups excluding carboxylic acids is 2. The average Bonchev–Trinajstić information content (AvgIpc) is 3.46. The van der Waals surface area contributed by atoms with Gasteiger partial charge in [-0.3, -0.25) is 9.59 Å². The van der Waals surface area contributed by atoms with Crippen molar-refractivity contribution in [3.05, 3.63) is 0 Å². The monoisotopic (exact) mass is 354 g/mol. The minimum atomic E-state index is -0.446. The van der Waals surface area contributed by atoms with Gasteiger partial charge in [-0.05, 0) is 44.4 Å². The molecule has 3 N–H and O–H groups in total. The number of hydrogen-bond acceptors (Lipinski definition) is 5. The van der Waals surface area contributed by atoms with E-state index in [0.717, 1.165) is 25.8 Å². The first-order valence-electron chi connectivity index (χ1n) is 9.57. The number of carbonyl (C=O) groups is 2. The summed E-state index contributed by atoms with van der Waals surface area (Å²) < 4.78 is 11.2. The van der Waals surface area contributed by atoms with Gasteiger partial charge in [0.2, 0.25) is 11.8 Å². The first-order valence-corrected chi connectivity index (χ1v) is 9.57. The number of aliphatic hydroxyl groups excluding tert-OH is 1. The number of ether oxygens (including phenoxy) is 2. The standard InChI is InChI=1S/C18H30N2O5/c21-11-16-15(20-18(23)13-5-7-24-8-6-13)4-3-14(25-16)9-17(22)19-10-12-1-2-12/h12-16,21H,1-11H2,(H,19,22)(H,20,23)/t14-,15+,16-/m1/s1. The fourth-order valence-electron chi connectivity index (χ4n) is 3.57. The van der Waals surface area contributed by atoms with Gasteiger partial charge in [0.25, 0.3) is 0 Å². The zero-order chi connectivity index (χ0) is 17.6. The Kier molecular flexibility index (Phi) is 6.67. The van der Waals surface area contributed by atoms with Crippen molar-refractivity contribution in [1.82, 2.24) is 10.6 Å². The fourth-order valence-corrected chi connectivity index (χ4v) is 3.57. The van der Waals surface area contributed by atoms with Crippen molar-refractivity contribution >= 4 is 11.8 Å². The van der Waals surface area contributed by atoms with E-state index >= 15 is 0 Å². The molecule has 7 nitrogen and oxygen atoms in total. The van der Waals surface area contributed by atoms with Crippen LogP contribution in [0.4, 0.5) is 0 Å². The predicted octanol–water partition coefficient (Wildman–Crippen LogP) is 0.354. The molecule has 0 spiro atoms. The van der Waals surface area contributed by atoms with E-state index in [2.05, 4.69) is 10.6 Å². The van der Waals surface area contributed by atoms with Crippen LogP contribution in [0.1, 0.15) is 44.9 Å². The third kappa shape index (κ3) is 5.66. The smallest absolute Gasteiger partial charge is 0.223 e. The lowest BCUT2D eigenvalue weighted by Gasteiger charge is -2.37. The van der Waals surface area contributed by atoms with Crippen LogP contribution in [-0.4, -0.2) is 61.5 Å². The van der Waals surface area contributed by atoms with Gasteiger partial charge in [0, 0.05) is 25.7 Å². The molecule has 142 valence electrons. The van der Waals surface area contributed by atoms with Gasteiger partial charge in [-0.15, -0.1) is 0 Å². The summed E-state index contributed by atoms with van der Waals surface area (Å²) >= 11 is 0. The summed E-state index contributed by atoms with van der Waals surface area (Å²) in [4.78, 5) is 24.3. The lowest BCUT2D eigenvalue weighted by atomic mass is 9.94. The maximum absolute atomic E-state index is 12.4. The minimum absolute atomic E-state index is 0.0123. The zero-order valence-electron chi connectivity index (χ0n) is 14.7. The highest BCUT2D eigenvalue weighted by Crippen LogP contribution is 2.28. The number of amides is 2. The molecule has 2 heterocycles. The molecule has 3 rings (SSSR count). The molecule has 25 heavy (non-hydrogen) atoms. The summed E-state index contributed by atoms with van der Waals surface area (Å²) in [5.41, 5.74) is 0. The molecule has 3 atom stereocenters. The normalized spacial score (nSPS) is 30.7. The van der Waals surface area contributed by atoms with Crippen LogP contribution < -0.4 is 10.6 Å². The van der Waals surface area contributed by atoms with Crippen LogP contribution in [-0.2, 0) is 19.1 Å². The number of aliphatic hydroxyl groups is 1. The van der Waals surface area contributed by atoms with Crippen molar-refractivity contribution in [3.8, 4) is 0 Å². The second-order valence-electron chi connectivity index (χ2n) is 7.51. The molecule has 2 saturated heterocycles. The number of nitrogens with one attached hydrogen (secondary N) is 2. The van der Waals surface area contributed by atoms with Gasteiger partial charge >= 0.3 is 0 Å². The largest absolute Gasteiger partial charge is 0.394 e. The van der Waals surface area contributed by atoms with Crippen LogP contribution in [0.25, 0.3) is 0 Å². The van der Waals surface area contributed by atoms with Gasteiger partial charge in [0.05, 0.1) is 25.2 Å². The molecule has 3 fully saturated rings. The highest BCUT2D eigenvalue weighted by molar-refractivity contribution is 5.79. The first kappa shape index (κ1) is 18.6. The lowest BCUT2D eigenvalue weighted by molar-refractivity contribution is -0.139. The van der Waals surface area contributed by atoms with Crippen LogP contribution in [0.3, 0.4) is 0 Å². The van der Waals surface area contributed by atoms with Crippen molar-refractivity contribution < 1.29 is 24.2 Å². The maximum Gasteiger partial charge on any atom is 0.223 e. The highest BCUT2D eigenvalue weighted by Gasteiger charge is 2.34.